The first-order chi connectivity index (χ1) is 10.6. The summed E-state index contributed by atoms with van der Waals surface area (Å²) in [7, 11) is 0. The number of aryl methyl sites for hydroxylation is 3. The minimum absolute atomic E-state index is 0.224. The van der Waals surface area contributed by atoms with Gasteiger partial charge in [0.2, 0.25) is 5.91 Å². The van der Waals surface area contributed by atoms with Gasteiger partial charge in [-0.1, -0.05) is 23.8 Å². The van der Waals surface area contributed by atoms with E-state index in [0.29, 0.717) is 6.42 Å². The van der Waals surface area contributed by atoms with Gasteiger partial charge in [0.25, 0.3) is 0 Å². The van der Waals surface area contributed by atoms with Crippen LogP contribution >= 0.6 is 11.3 Å². The van der Waals surface area contributed by atoms with Crippen LogP contribution in [0.1, 0.15) is 46.5 Å². The summed E-state index contributed by atoms with van der Waals surface area (Å²) >= 11 is 1.82. The zero-order valence-electron chi connectivity index (χ0n) is 13.6. The van der Waals surface area contributed by atoms with Gasteiger partial charge in [0, 0.05) is 17.8 Å². The fraction of sp³-hybridized carbons (Fsp3) is 0.421. The van der Waals surface area contributed by atoms with Crippen molar-refractivity contribution in [2.45, 2.75) is 46.1 Å². The van der Waals surface area contributed by atoms with Crippen molar-refractivity contribution in [3.8, 4) is 0 Å². The van der Waals surface area contributed by atoms with Crippen LogP contribution in [0.25, 0.3) is 0 Å². The molecule has 0 saturated carbocycles. The summed E-state index contributed by atoms with van der Waals surface area (Å²) in [5.41, 5.74) is 5.21. The number of thiophene rings is 1. The van der Waals surface area contributed by atoms with Crippen molar-refractivity contribution < 1.29 is 4.79 Å². The molecule has 0 radical (unpaired) electrons. The molecule has 1 aliphatic rings. The van der Waals surface area contributed by atoms with Crippen molar-refractivity contribution in [3.05, 3.63) is 56.8 Å². The lowest BCUT2D eigenvalue weighted by Crippen LogP contribution is -2.38. The van der Waals surface area contributed by atoms with Gasteiger partial charge in [0.05, 0.1) is 6.04 Å². The van der Waals surface area contributed by atoms with Gasteiger partial charge in [-0.15, -0.1) is 11.3 Å². The predicted molar refractivity (Wildman–Crippen MR) is 92.4 cm³/mol. The van der Waals surface area contributed by atoms with E-state index >= 15 is 0 Å². The second-order valence-electron chi connectivity index (χ2n) is 6.24. The van der Waals surface area contributed by atoms with E-state index in [0.717, 1.165) is 19.4 Å². The molecular formula is C19H23NOS. The lowest BCUT2D eigenvalue weighted by molar-refractivity contribution is -0.133. The van der Waals surface area contributed by atoms with Crippen LogP contribution in [0.3, 0.4) is 0 Å². The molecule has 0 aliphatic carbocycles. The average molecular weight is 313 g/mol. The summed E-state index contributed by atoms with van der Waals surface area (Å²) < 4.78 is 0. The molecule has 3 rings (SSSR count). The van der Waals surface area contributed by atoms with Crippen LogP contribution in [-0.2, 0) is 17.6 Å². The number of hydrogen-bond acceptors (Lipinski definition) is 2. The molecule has 0 fully saturated rings. The second kappa shape index (κ2) is 6.25. The quantitative estimate of drug-likeness (QED) is 0.820. The Balaban J connectivity index is 1.65. The number of fused-ring (bicyclic) bond motifs is 1. The highest BCUT2D eigenvalue weighted by atomic mass is 32.1. The van der Waals surface area contributed by atoms with Crippen molar-refractivity contribution in [2.24, 2.45) is 0 Å². The Bertz CT molecular complexity index is 688. The van der Waals surface area contributed by atoms with Crippen molar-refractivity contribution >= 4 is 17.2 Å². The Morgan fingerprint density at radius 2 is 2.14 bits per heavy atom. The normalized spacial score (nSPS) is 17.4. The van der Waals surface area contributed by atoms with Crippen LogP contribution in [0.5, 0.6) is 0 Å². The summed E-state index contributed by atoms with van der Waals surface area (Å²) in [6.45, 7) is 7.25. The molecule has 0 bridgehead atoms. The molecule has 2 nitrogen and oxygen atoms in total. The summed E-state index contributed by atoms with van der Waals surface area (Å²) in [5.74, 6) is 0.282. The lowest BCUT2D eigenvalue weighted by Gasteiger charge is -2.33. The first-order valence-corrected chi connectivity index (χ1v) is 8.86. The molecule has 0 unspecified atom stereocenters. The van der Waals surface area contributed by atoms with Gasteiger partial charge in [-0.3, -0.25) is 4.79 Å². The highest BCUT2D eigenvalue weighted by Gasteiger charge is 2.27. The molecule has 116 valence electrons. The zero-order chi connectivity index (χ0) is 15.7. The van der Waals surface area contributed by atoms with Crippen LogP contribution in [-0.4, -0.2) is 17.4 Å². The number of carbonyl (C=O) groups is 1. The van der Waals surface area contributed by atoms with Gasteiger partial charge in [0.15, 0.2) is 0 Å². The van der Waals surface area contributed by atoms with Crippen LogP contribution in [0.2, 0.25) is 0 Å². The number of rotatable bonds is 3. The third-order valence-corrected chi connectivity index (χ3v) is 5.70. The second-order valence-corrected chi connectivity index (χ2v) is 7.24. The predicted octanol–water partition coefficient (Wildman–Crippen LogP) is 4.44. The molecule has 3 heteroatoms. The molecule has 1 aliphatic heterocycles. The molecule has 0 spiro atoms. The van der Waals surface area contributed by atoms with Gasteiger partial charge < -0.3 is 4.90 Å². The van der Waals surface area contributed by atoms with Gasteiger partial charge in [-0.05, 0) is 61.7 Å². The summed E-state index contributed by atoms with van der Waals surface area (Å²) in [5, 5.41) is 2.14. The summed E-state index contributed by atoms with van der Waals surface area (Å²) in [6, 6.07) is 8.89. The fourth-order valence-corrected chi connectivity index (χ4v) is 4.32. The molecule has 0 N–H and O–H groups in total. The van der Waals surface area contributed by atoms with Crippen LogP contribution in [0, 0.1) is 13.8 Å². The lowest BCUT2D eigenvalue weighted by atomic mass is 9.99. The first kappa shape index (κ1) is 15.3. The molecule has 0 saturated heterocycles. The molecule has 1 aromatic heterocycles. The Labute approximate surface area is 136 Å². The number of amides is 1. The van der Waals surface area contributed by atoms with E-state index in [9.17, 15) is 4.79 Å². The third-order valence-electron chi connectivity index (χ3n) is 4.70. The van der Waals surface area contributed by atoms with E-state index in [1.54, 1.807) is 0 Å². The smallest absolute Gasteiger partial charge is 0.223 e. The number of nitrogens with zero attached hydrogens (tertiary/aromatic N) is 1. The van der Waals surface area contributed by atoms with Crippen molar-refractivity contribution in [3.63, 3.8) is 0 Å². The zero-order valence-corrected chi connectivity index (χ0v) is 14.4. The van der Waals surface area contributed by atoms with E-state index < -0.39 is 0 Å². The van der Waals surface area contributed by atoms with E-state index in [2.05, 4.69) is 55.3 Å². The average Bonchev–Trinajstić information content (AvgIpc) is 2.96. The monoisotopic (exact) mass is 313 g/mol. The maximum Gasteiger partial charge on any atom is 0.223 e. The van der Waals surface area contributed by atoms with Gasteiger partial charge in [-0.25, -0.2) is 0 Å². The SMILES string of the molecule is Cc1ccc(CCC(=O)N2CCc3sccc3[C@@H]2C)c(C)c1. The van der Waals surface area contributed by atoms with E-state index in [4.69, 9.17) is 0 Å². The van der Waals surface area contributed by atoms with Gasteiger partial charge in [0.1, 0.15) is 0 Å². The standard InChI is InChI=1S/C19H23NOS/c1-13-4-5-16(14(2)12-13)6-7-19(21)20-10-8-18-17(15(20)3)9-11-22-18/h4-5,9,11-12,15H,6-8,10H2,1-3H3/t15-/m0/s1. The molecular weight excluding hydrogens is 290 g/mol. The minimum atomic E-state index is 0.224. The maximum absolute atomic E-state index is 12.6. The van der Waals surface area contributed by atoms with Crippen molar-refractivity contribution in [2.75, 3.05) is 6.54 Å². The van der Waals surface area contributed by atoms with Crippen LogP contribution in [0.15, 0.2) is 29.6 Å². The first-order valence-electron chi connectivity index (χ1n) is 7.98. The van der Waals surface area contributed by atoms with Gasteiger partial charge in [-0.2, -0.15) is 0 Å². The highest BCUT2D eigenvalue weighted by Crippen LogP contribution is 2.33. The largest absolute Gasteiger partial charge is 0.336 e. The van der Waals surface area contributed by atoms with E-state index in [1.807, 2.05) is 11.3 Å². The van der Waals surface area contributed by atoms with E-state index in [-0.39, 0.29) is 11.9 Å². The molecule has 22 heavy (non-hydrogen) atoms. The van der Waals surface area contributed by atoms with Crippen LogP contribution < -0.4 is 0 Å². The molecule has 1 aromatic carbocycles. The summed E-state index contributed by atoms with van der Waals surface area (Å²) in [4.78, 5) is 16.1. The number of carbonyl (C=O) groups excluding carboxylic acids is 1. The Hall–Kier alpha value is -1.61. The highest BCUT2D eigenvalue weighted by molar-refractivity contribution is 7.10. The Kier molecular flexibility index (Phi) is 4.34. The van der Waals surface area contributed by atoms with Gasteiger partial charge >= 0.3 is 0 Å². The minimum Gasteiger partial charge on any atom is -0.336 e. The Morgan fingerprint density at radius 1 is 1.32 bits per heavy atom. The van der Waals surface area contributed by atoms with Crippen molar-refractivity contribution in [1.82, 2.24) is 4.90 Å². The fourth-order valence-electron chi connectivity index (χ4n) is 3.36. The third kappa shape index (κ3) is 2.95. The topological polar surface area (TPSA) is 20.3 Å². The Morgan fingerprint density at radius 3 is 2.91 bits per heavy atom. The molecule has 2 heterocycles. The molecule has 1 amide bonds. The van der Waals surface area contributed by atoms with Crippen molar-refractivity contribution in [1.29, 1.82) is 0 Å². The maximum atomic E-state index is 12.6. The summed E-state index contributed by atoms with van der Waals surface area (Å²) in [6.07, 6.45) is 2.45. The molecule has 1 atom stereocenters. The van der Waals surface area contributed by atoms with Crippen LogP contribution in [0.4, 0.5) is 0 Å². The van der Waals surface area contributed by atoms with E-state index in [1.165, 1.54) is 27.1 Å². The number of hydrogen-bond donors (Lipinski definition) is 0. The number of benzene rings is 1. The molecule has 2 aromatic rings.